The molecule has 3 nitrogen and oxygen atoms in total. The molecule has 0 bridgehead atoms. The lowest BCUT2D eigenvalue weighted by atomic mass is 9.85. The van der Waals surface area contributed by atoms with Crippen molar-refractivity contribution in [1.82, 2.24) is 0 Å². The lowest BCUT2D eigenvalue weighted by Crippen LogP contribution is -2.25. The van der Waals surface area contributed by atoms with Gasteiger partial charge in [0.1, 0.15) is 0 Å². The molecule has 1 aliphatic carbocycles. The van der Waals surface area contributed by atoms with Crippen LogP contribution in [0.4, 0.5) is 0 Å². The van der Waals surface area contributed by atoms with Crippen LogP contribution in [0.15, 0.2) is 54.6 Å². The fourth-order valence-electron chi connectivity index (χ4n) is 4.03. The van der Waals surface area contributed by atoms with Gasteiger partial charge in [0.15, 0.2) is 6.10 Å². The fraction of sp³-hybridized carbons (Fsp3) is 0.280. The second-order valence-corrected chi connectivity index (χ2v) is 7.60. The molecule has 0 amide bonds. The molecule has 0 aromatic heterocycles. The Hall–Kier alpha value is -2.94. The minimum Gasteiger partial charge on any atom is -0.451 e. The van der Waals surface area contributed by atoms with Crippen LogP contribution in [-0.2, 0) is 17.6 Å². The van der Waals surface area contributed by atoms with Gasteiger partial charge in [0.2, 0.25) is 5.78 Å². The Balaban J connectivity index is 1.67. The second kappa shape index (κ2) is 7.59. The molecule has 1 unspecified atom stereocenters. The number of ether oxygens (including phenoxy) is 1. The Kier molecular flexibility index (Phi) is 4.99. The molecule has 1 atom stereocenters. The maximum absolute atomic E-state index is 13.2. The van der Waals surface area contributed by atoms with Gasteiger partial charge in [-0.1, -0.05) is 60.2 Å². The monoisotopic (exact) mass is 372 g/mol. The zero-order valence-corrected chi connectivity index (χ0v) is 16.3. The van der Waals surface area contributed by atoms with Gasteiger partial charge in [-0.05, 0) is 61.4 Å². The van der Waals surface area contributed by atoms with Crippen molar-refractivity contribution in [1.29, 1.82) is 0 Å². The van der Waals surface area contributed by atoms with E-state index in [2.05, 4.69) is 6.07 Å². The molecule has 0 N–H and O–H groups in total. The number of rotatable bonds is 4. The van der Waals surface area contributed by atoms with Crippen LogP contribution in [0.2, 0.25) is 0 Å². The van der Waals surface area contributed by atoms with Gasteiger partial charge in [0, 0.05) is 5.56 Å². The third-order valence-corrected chi connectivity index (χ3v) is 5.57. The molecular weight excluding hydrogens is 348 g/mol. The largest absolute Gasteiger partial charge is 0.451 e. The fourth-order valence-corrected chi connectivity index (χ4v) is 4.03. The van der Waals surface area contributed by atoms with Crippen LogP contribution < -0.4 is 0 Å². The van der Waals surface area contributed by atoms with E-state index in [1.165, 1.54) is 5.56 Å². The summed E-state index contributed by atoms with van der Waals surface area (Å²) in [5.74, 6) is -0.578. The van der Waals surface area contributed by atoms with Crippen molar-refractivity contribution in [2.75, 3.05) is 0 Å². The number of ketones is 1. The summed E-state index contributed by atoms with van der Waals surface area (Å²) in [6.45, 7) is 3.62. The predicted octanol–water partition coefficient (Wildman–Crippen LogP) is 5.46. The molecule has 0 saturated carbocycles. The van der Waals surface area contributed by atoms with E-state index in [9.17, 15) is 9.59 Å². The first-order valence-electron chi connectivity index (χ1n) is 9.90. The summed E-state index contributed by atoms with van der Waals surface area (Å²) in [6.07, 6.45) is 3.25. The van der Waals surface area contributed by atoms with E-state index in [1.54, 1.807) is 19.1 Å². The summed E-state index contributed by atoms with van der Waals surface area (Å²) in [7, 11) is 0. The average molecular weight is 372 g/mol. The maximum Gasteiger partial charge on any atom is 0.339 e. The first-order valence-corrected chi connectivity index (χ1v) is 9.90. The molecule has 1 aliphatic rings. The smallest absolute Gasteiger partial charge is 0.339 e. The van der Waals surface area contributed by atoms with Crippen LogP contribution in [0.5, 0.6) is 0 Å². The maximum atomic E-state index is 13.2. The van der Waals surface area contributed by atoms with Gasteiger partial charge in [0.25, 0.3) is 0 Å². The van der Waals surface area contributed by atoms with Crippen molar-refractivity contribution in [3.8, 4) is 0 Å². The van der Waals surface area contributed by atoms with Crippen LogP contribution in [0.3, 0.4) is 0 Å². The standard InChI is InChI=1S/C25H24O3/c1-16-11-13-18(14-12-16)24(26)17(2)28-25(27)23-21-9-5-3-7-19(21)15-20-8-4-6-10-22(20)23/h3,5,7,9,11-15,17H,4,6,8,10H2,1-2H3. The van der Waals surface area contributed by atoms with Gasteiger partial charge in [-0.2, -0.15) is 0 Å². The highest BCUT2D eigenvalue weighted by molar-refractivity contribution is 6.08. The molecule has 0 radical (unpaired) electrons. The first-order chi connectivity index (χ1) is 13.5. The molecular formula is C25H24O3. The first kappa shape index (κ1) is 18.4. The Bertz CT molecular complexity index is 1050. The molecule has 0 heterocycles. The normalized spacial score (nSPS) is 14.4. The van der Waals surface area contributed by atoms with Crippen LogP contribution >= 0.6 is 0 Å². The summed E-state index contributed by atoms with van der Waals surface area (Å²) in [4.78, 5) is 25.9. The Morgan fingerprint density at radius 2 is 1.68 bits per heavy atom. The minimum absolute atomic E-state index is 0.178. The van der Waals surface area contributed by atoms with Crippen molar-refractivity contribution in [2.45, 2.75) is 45.6 Å². The van der Waals surface area contributed by atoms with E-state index in [0.717, 1.165) is 47.6 Å². The molecule has 0 fully saturated rings. The molecule has 0 saturated heterocycles. The lowest BCUT2D eigenvalue weighted by molar-refractivity contribution is 0.0319. The van der Waals surface area contributed by atoms with E-state index < -0.39 is 12.1 Å². The van der Waals surface area contributed by atoms with E-state index >= 15 is 0 Å². The topological polar surface area (TPSA) is 43.4 Å². The molecule has 4 rings (SSSR count). The SMILES string of the molecule is Cc1ccc(C(=O)C(C)OC(=O)c2c3c(cc4ccccc24)CCCC3)cc1. The van der Waals surface area contributed by atoms with Crippen molar-refractivity contribution >= 4 is 22.5 Å². The van der Waals surface area contributed by atoms with Gasteiger partial charge < -0.3 is 4.74 Å². The number of aryl methyl sites for hydroxylation is 2. The molecule has 3 aromatic carbocycles. The van der Waals surface area contributed by atoms with Crippen LogP contribution in [0, 0.1) is 6.92 Å². The van der Waals surface area contributed by atoms with E-state index in [4.69, 9.17) is 4.74 Å². The zero-order valence-electron chi connectivity index (χ0n) is 16.3. The second-order valence-electron chi connectivity index (χ2n) is 7.60. The highest BCUT2D eigenvalue weighted by atomic mass is 16.5. The molecule has 28 heavy (non-hydrogen) atoms. The quantitative estimate of drug-likeness (QED) is 0.451. The summed E-state index contributed by atoms with van der Waals surface area (Å²) in [5, 5.41) is 1.95. The number of hydrogen-bond acceptors (Lipinski definition) is 3. The summed E-state index contributed by atoms with van der Waals surface area (Å²) >= 11 is 0. The third kappa shape index (κ3) is 3.45. The van der Waals surface area contributed by atoms with Crippen molar-refractivity contribution in [2.24, 2.45) is 0 Å². The zero-order chi connectivity index (χ0) is 19.7. The molecule has 3 heteroatoms. The molecule has 0 spiro atoms. The van der Waals surface area contributed by atoms with Crippen molar-refractivity contribution in [3.63, 3.8) is 0 Å². The van der Waals surface area contributed by atoms with E-state index in [0.29, 0.717) is 11.1 Å². The lowest BCUT2D eigenvalue weighted by Gasteiger charge is -2.22. The molecule has 3 aromatic rings. The number of fused-ring (bicyclic) bond motifs is 2. The van der Waals surface area contributed by atoms with Crippen LogP contribution in [0.25, 0.3) is 10.8 Å². The van der Waals surface area contributed by atoms with E-state index in [-0.39, 0.29) is 5.78 Å². The van der Waals surface area contributed by atoms with Crippen LogP contribution in [0.1, 0.15) is 57.2 Å². The van der Waals surface area contributed by atoms with Crippen LogP contribution in [-0.4, -0.2) is 17.9 Å². The number of carbonyl (C=O) groups excluding carboxylic acids is 2. The van der Waals surface area contributed by atoms with Gasteiger partial charge >= 0.3 is 5.97 Å². The summed E-state index contributed by atoms with van der Waals surface area (Å²) in [5.41, 5.74) is 4.60. The highest BCUT2D eigenvalue weighted by Crippen LogP contribution is 2.32. The Morgan fingerprint density at radius 1 is 0.964 bits per heavy atom. The molecule has 142 valence electrons. The third-order valence-electron chi connectivity index (χ3n) is 5.57. The van der Waals surface area contributed by atoms with Gasteiger partial charge in [-0.3, -0.25) is 4.79 Å². The van der Waals surface area contributed by atoms with Crippen molar-refractivity contribution < 1.29 is 14.3 Å². The number of benzene rings is 3. The Morgan fingerprint density at radius 3 is 2.46 bits per heavy atom. The predicted molar refractivity (Wildman–Crippen MR) is 111 cm³/mol. The molecule has 0 aliphatic heterocycles. The average Bonchev–Trinajstić information content (AvgIpc) is 2.71. The number of hydrogen-bond donors (Lipinski definition) is 0. The Labute approximate surface area is 165 Å². The van der Waals surface area contributed by atoms with Gasteiger partial charge in [0.05, 0.1) is 5.56 Å². The number of carbonyl (C=O) groups is 2. The highest BCUT2D eigenvalue weighted by Gasteiger charge is 2.26. The minimum atomic E-state index is -0.826. The van der Waals surface area contributed by atoms with Gasteiger partial charge in [-0.15, -0.1) is 0 Å². The van der Waals surface area contributed by atoms with Crippen molar-refractivity contribution in [3.05, 3.63) is 82.4 Å². The van der Waals surface area contributed by atoms with E-state index in [1.807, 2.05) is 43.3 Å². The van der Waals surface area contributed by atoms with Gasteiger partial charge in [-0.25, -0.2) is 4.79 Å². The summed E-state index contributed by atoms with van der Waals surface area (Å²) in [6, 6.07) is 17.5. The number of esters is 1. The summed E-state index contributed by atoms with van der Waals surface area (Å²) < 4.78 is 5.67. The number of Topliss-reactive ketones (excluding diaryl/α,β-unsaturated/α-hetero) is 1.